The van der Waals surface area contributed by atoms with Crippen LogP contribution in [0.3, 0.4) is 0 Å². The van der Waals surface area contributed by atoms with Gasteiger partial charge in [0.1, 0.15) is 4.90 Å². The van der Waals surface area contributed by atoms with Gasteiger partial charge in [0.15, 0.2) is 0 Å². The number of hydrogen-bond acceptors (Lipinski definition) is 4. The van der Waals surface area contributed by atoms with Gasteiger partial charge in [0, 0.05) is 19.2 Å². The van der Waals surface area contributed by atoms with E-state index in [4.69, 9.17) is 5.11 Å². The van der Waals surface area contributed by atoms with Crippen molar-refractivity contribution in [2.75, 3.05) is 18.5 Å². The molecule has 5 nitrogen and oxygen atoms in total. The van der Waals surface area contributed by atoms with Crippen LogP contribution in [0.25, 0.3) is 0 Å². The molecule has 0 aromatic heterocycles. The Balaban J connectivity index is 1.98. The van der Waals surface area contributed by atoms with E-state index in [1.165, 1.54) is 0 Å². The summed E-state index contributed by atoms with van der Waals surface area (Å²) in [5.74, 6) is 0. The molecular formula is C14H22N2O3S. The first-order chi connectivity index (χ1) is 9.63. The Hall–Kier alpha value is -1.11. The molecule has 6 heteroatoms. The van der Waals surface area contributed by atoms with Gasteiger partial charge in [0.25, 0.3) is 0 Å². The van der Waals surface area contributed by atoms with Crippen molar-refractivity contribution in [1.29, 1.82) is 0 Å². The van der Waals surface area contributed by atoms with Crippen molar-refractivity contribution in [2.24, 2.45) is 0 Å². The number of sulfonamides is 1. The van der Waals surface area contributed by atoms with Crippen molar-refractivity contribution in [3.63, 3.8) is 0 Å². The molecule has 112 valence electrons. The first-order valence-corrected chi connectivity index (χ1v) is 8.58. The Kier molecular flexibility index (Phi) is 5.39. The maximum absolute atomic E-state index is 12.3. The number of nitrogens with one attached hydrogen (secondary N) is 2. The molecular weight excluding hydrogens is 276 g/mol. The van der Waals surface area contributed by atoms with Crippen LogP contribution < -0.4 is 10.0 Å². The highest BCUT2D eigenvalue weighted by Gasteiger charge is 2.29. The van der Waals surface area contributed by atoms with Crippen LogP contribution in [0.5, 0.6) is 0 Å². The average Bonchev–Trinajstić information content (AvgIpc) is 3.22. The SMILES string of the molecule is O=S(=O)(NC1CC1)c1ccccc1NCCCCCO. The van der Waals surface area contributed by atoms with Gasteiger partial charge in [-0.1, -0.05) is 12.1 Å². The number of hydrogen-bond donors (Lipinski definition) is 3. The van der Waals surface area contributed by atoms with Gasteiger partial charge in [-0.3, -0.25) is 0 Å². The first-order valence-electron chi connectivity index (χ1n) is 7.09. The van der Waals surface area contributed by atoms with E-state index in [0.717, 1.165) is 32.1 Å². The second-order valence-electron chi connectivity index (χ2n) is 5.10. The van der Waals surface area contributed by atoms with Gasteiger partial charge in [-0.25, -0.2) is 13.1 Å². The standard InChI is InChI=1S/C14H22N2O3S/c17-11-5-1-4-10-15-13-6-2-3-7-14(13)20(18,19)16-12-8-9-12/h2-3,6-7,12,15-17H,1,4-5,8-11H2. The summed E-state index contributed by atoms with van der Waals surface area (Å²) < 4.78 is 27.2. The van der Waals surface area contributed by atoms with Crippen molar-refractivity contribution >= 4 is 15.7 Å². The van der Waals surface area contributed by atoms with E-state index < -0.39 is 10.0 Å². The number of para-hydroxylation sites is 1. The highest BCUT2D eigenvalue weighted by atomic mass is 32.2. The van der Waals surface area contributed by atoms with E-state index in [1.54, 1.807) is 18.2 Å². The molecule has 1 saturated carbocycles. The Labute approximate surface area is 120 Å². The van der Waals surface area contributed by atoms with Crippen molar-refractivity contribution in [3.05, 3.63) is 24.3 Å². The summed E-state index contributed by atoms with van der Waals surface area (Å²) in [5, 5.41) is 11.9. The van der Waals surface area contributed by atoms with Crippen LogP contribution in [-0.4, -0.2) is 32.7 Å². The van der Waals surface area contributed by atoms with Crippen LogP contribution in [0.15, 0.2) is 29.2 Å². The van der Waals surface area contributed by atoms with E-state index >= 15 is 0 Å². The van der Waals surface area contributed by atoms with E-state index in [0.29, 0.717) is 17.1 Å². The Bertz CT molecular complexity index is 527. The molecule has 0 unspecified atom stereocenters. The van der Waals surface area contributed by atoms with Crippen LogP contribution in [0.1, 0.15) is 32.1 Å². The van der Waals surface area contributed by atoms with Gasteiger partial charge in [0.2, 0.25) is 10.0 Å². The molecule has 1 aliphatic carbocycles. The van der Waals surface area contributed by atoms with Crippen molar-refractivity contribution in [2.45, 2.75) is 43.0 Å². The van der Waals surface area contributed by atoms with Crippen molar-refractivity contribution < 1.29 is 13.5 Å². The summed E-state index contributed by atoms with van der Waals surface area (Å²) in [6.45, 7) is 0.909. The zero-order chi connectivity index (χ0) is 14.4. The zero-order valence-corrected chi connectivity index (χ0v) is 12.3. The monoisotopic (exact) mass is 298 g/mol. The Morgan fingerprint density at radius 3 is 2.60 bits per heavy atom. The molecule has 1 aromatic carbocycles. The molecule has 1 aliphatic rings. The predicted molar refractivity (Wildman–Crippen MR) is 79.2 cm³/mol. The average molecular weight is 298 g/mol. The third-order valence-electron chi connectivity index (χ3n) is 3.23. The predicted octanol–water partition coefficient (Wildman–Crippen LogP) is 1.70. The summed E-state index contributed by atoms with van der Waals surface area (Å²) in [4.78, 5) is 0.314. The molecule has 0 atom stereocenters. The van der Waals surface area contributed by atoms with Crippen molar-refractivity contribution in [3.8, 4) is 0 Å². The summed E-state index contributed by atoms with van der Waals surface area (Å²) in [6.07, 6.45) is 4.47. The number of anilines is 1. The highest BCUT2D eigenvalue weighted by Crippen LogP contribution is 2.25. The maximum atomic E-state index is 12.3. The van der Waals surface area contributed by atoms with E-state index in [9.17, 15) is 8.42 Å². The fourth-order valence-corrected chi connectivity index (χ4v) is 3.46. The quantitative estimate of drug-likeness (QED) is 0.606. The summed E-state index contributed by atoms with van der Waals surface area (Å²) in [5.41, 5.74) is 0.643. The molecule has 20 heavy (non-hydrogen) atoms. The normalized spacial score (nSPS) is 15.2. The lowest BCUT2D eigenvalue weighted by Gasteiger charge is -2.12. The molecule has 0 aliphatic heterocycles. The molecule has 2 rings (SSSR count). The second-order valence-corrected chi connectivity index (χ2v) is 6.79. The number of rotatable bonds is 9. The van der Waals surface area contributed by atoms with Crippen LogP contribution in [0.2, 0.25) is 0 Å². The summed E-state index contributed by atoms with van der Waals surface area (Å²) in [7, 11) is -3.43. The molecule has 1 aromatic rings. The smallest absolute Gasteiger partial charge is 0.242 e. The number of aliphatic hydroxyl groups excluding tert-OH is 1. The fraction of sp³-hybridized carbons (Fsp3) is 0.571. The van der Waals surface area contributed by atoms with Crippen molar-refractivity contribution in [1.82, 2.24) is 4.72 Å². The minimum atomic E-state index is -3.43. The van der Waals surface area contributed by atoms with Crippen LogP contribution in [0, 0.1) is 0 Å². The maximum Gasteiger partial charge on any atom is 0.242 e. The molecule has 0 spiro atoms. The lowest BCUT2D eigenvalue weighted by Crippen LogP contribution is -2.26. The number of benzene rings is 1. The minimum absolute atomic E-state index is 0.109. The summed E-state index contributed by atoms with van der Waals surface area (Å²) in [6, 6.07) is 7.08. The van der Waals surface area contributed by atoms with Gasteiger partial charge in [-0.05, 0) is 44.2 Å². The molecule has 0 bridgehead atoms. The Morgan fingerprint density at radius 1 is 1.15 bits per heavy atom. The highest BCUT2D eigenvalue weighted by molar-refractivity contribution is 7.89. The zero-order valence-electron chi connectivity index (χ0n) is 11.5. The lowest BCUT2D eigenvalue weighted by molar-refractivity contribution is 0.283. The third-order valence-corrected chi connectivity index (χ3v) is 4.80. The summed E-state index contributed by atoms with van der Waals surface area (Å²) >= 11 is 0. The second kappa shape index (κ2) is 7.06. The van der Waals surface area contributed by atoms with Crippen LogP contribution in [-0.2, 0) is 10.0 Å². The molecule has 0 saturated heterocycles. The first kappa shape index (κ1) is 15.3. The van der Waals surface area contributed by atoms with E-state index in [2.05, 4.69) is 10.0 Å². The lowest BCUT2D eigenvalue weighted by atomic mass is 10.2. The number of aliphatic hydroxyl groups is 1. The molecule has 3 N–H and O–H groups in total. The Morgan fingerprint density at radius 2 is 1.90 bits per heavy atom. The molecule has 1 fully saturated rings. The van der Waals surface area contributed by atoms with Crippen LogP contribution >= 0.6 is 0 Å². The molecule has 0 radical (unpaired) electrons. The van der Waals surface area contributed by atoms with Crippen LogP contribution in [0.4, 0.5) is 5.69 Å². The number of unbranched alkanes of at least 4 members (excludes halogenated alkanes) is 2. The van der Waals surface area contributed by atoms with Gasteiger partial charge in [0.05, 0.1) is 5.69 Å². The van der Waals surface area contributed by atoms with Gasteiger partial charge >= 0.3 is 0 Å². The van der Waals surface area contributed by atoms with Gasteiger partial charge in [-0.2, -0.15) is 0 Å². The van der Waals surface area contributed by atoms with E-state index in [1.807, 2.05) is 6.07 Å². The van der Waals surface area contributed by atoms with Gasteiger partial charge < -0.3 is 10.4 Å². The third kappa shape index (κ3) is 4.47. The topological polar surface area (TPSA) is 78.4 Å². The van der Waals surface area contributed by atoms with Gasteiger partial charge in [-0.15, -0.1) is 0 Å². The molecule has 0 amide bonds. The molecule has 0 heterocycles. The van der Waals surface area contributed by atoms with E-state index in [-0.39, 0.29) is 12.6 Å². The fourth-order valence-electron chi connectivity index (χ4n) is 1.97. The largest absolute Gasteiger partial charge is 0.396 e. The minimum Gasteiger partial charge on any atom is -0.396 e.